The minimum atomic E-state index is -0.767. The van der Waals surface area contributed by atoms with Crippen molar-refractivity contribution in [2.24, 2.45) is 0 Å². The third kappa shape index (κ3) is 4.55. The van der Waals surface area contributed by atoms with Crippen LogP contribution in [0.5, 0.6) is 5.75 Å². The Morgan fingerprint density at radius 3 is 2.44 bits per heavy atom. The Morgan fingerprint density at radius 2 is 1.81 bits per heavy atom. The molecule has 1 atom stereocenters. The molecule has 144 valence electrons. The topological polar surface area (TPSA) is 35.5 Å². The second-order valence-electron chi connectivity index (χ2n) is 7.52. The molecule has 0 bridgehead atoms. The van der Waals surface area contributed by atoms with Crippen molar-refractivity contribution in [1.29, 1.82) is 0 Å². The number of esters is 1. The standard InChI is InChI=1S/C23H27BrO3/c1-23(13-7-4-8-14-23)19-15-17(16-24)11-12-20(19)27-21(22(25)26-2)18-9-5-3-6-10-18/h3,5-6,9-12,15,21H,4,7-8,13-14,16H2,1-2H3. The number of hydrogen-bond donors (Lipinski definition) is 0. The van der Waals surface area contributed by atoms with E-state index >= 15 is 0 Å². The number of carbonyl (C=O) groups is 1. The Morgan fingerprint density at radius 1 is 1.11 bits per heavy atom. The van der Waals surface area contributed by atoms with E-state index < -0.39 is 6.10 Å². The van der Waals surface area contributed by atoms with Crippen LogP contribution < -0.4 is 4.74 Å². The smallest absolute Gasteiger partial charge is 0.351 e. The lowest BCUT2D eigenvalue weighted by Gasteiger charge is -2.36. The van der Waals surface area contributed by atoms with Crippen molar-refractivity contribution in [3.05, 3.63) is 65.2 Å². The van der Waals surface area contributed by atoms with Crippen LogP contribution in [0.25, 0.3) is 0 Å². The van der Waals surface area contributed by atoms with Gasteiger partial charge in [0.1, 0.15) is 5.75 Å². The number of methoxy groups -OCH3 is 1. The molecule has 27 heavy (non-hydrogen) atoms. The zero-order chi connectivity index (χ0) is 19.3. The lowest BCUT2D eigenvalue weighted by molar-refractivity contribution is -0.149. The molecule has 1 aliphatic carbocycles. The molecule has 0 amide bonds. The fraction of sp³-hybridized carbons (Fsp3) is 0.435. The maximum Gasteiger partial charge on any atom is 0.351 e. The number of carbonyl (C=O) groups excluding carboxylic acids is 1. The van der Waals surface area contributed by atoms with Gasteiger partial charge in [-0.2, -0.15) is 0 Å². The van der Waals surface area contributed by atoms with Crippen molar-refractivity contribution in [1.82, 2.24) is 0 Å². The normalized spacial score (nSPS) is 17.1. The zero-order valence-corrected chi connectivity index (χ0v) is 17.6. The van der Waals surface area contributed by atoms with Crippen LogP contribution >= 0.6 is 15.9 Å². The molecule has 1 saturated carbocycles. The Balaban J connectivity index is 2.00. The number of halogens is 1. The van der Waals surface area contributed by atoms with Crippen LogP contribution in [0.2, 0.25) is 0 Å². The van der Waals surface area contributed by atoms with E-state index in [1.54, 1.807) is 0 Å². The predicted octanol–water partition coefficient (Wildman–Crippen LogP) is 6.10. The molecule has 3 rings (SSSR count). The van der Waals surface area contributed by atoms with Gasteiger partial charge in [0, 0.05) is 16.5 Å². The monoisotopic (exact) mass is 430 g/mol. The summed E-state index contributed by atoms with van der Waals surface area (Å²) in [6.07, 6.45) is 5.27. The Labute approximate surface area is 170 Å². The molecule has 1 aliphatic rings. The van der Waals surface area contributed by atoms with Crippen molar-refractivity contribution in [2.75, 3.05) is 7.11 Å². The van der Waals surface area contributed by atoms with E-state index in [2.05, 4.69) is 35.0 Å². The van der Waals surface area contributed by atoms with Gasteiger partial charge in [-0.25, -0.2) is 4.79 Å². The highest BCUT2D eigenvalue weighted by Gasteiger charge is 2.33. The lowest BCUT2D eigenvalue weighted by atomic mass is 9.70. The Hall–Kier alpha value is -1.81. The van der Waals surface area contributed by atoms with E-state index in [-0.39, 0.29) is 11.4 Å². The minimum absolute atomic E-state index is 0.0725. The minimum Gasteiger partial charge on any atom is -0.474 e. The predicted molar refractivity (Wildman–Crippen MR) is 111 cm³/mol. The maximum absolute atomic E-state index is 12.5. The molecule has 0 radical (unpaired) electrons. The first-order valence-electron chi connectivity index (χ1n) is 9.56. The molecular weight excluding hydrogens is 404 g/mol. The van der Waals surface area contributed by atoms with Gasteiger partial charge in [-0.15, -0.1) is 0 Å². The van der Waals surface area contributed by atoms with Gasteiger partial charge in [0.15, 0.2) is 0 Å². The van der Waals surface area contributed by atoms with Crippen LogP contribution in [0.3, 0.4) is 0 Å². The first-order valence-corrected chi connectivity index (χ1v) is 10.7. The molecular formula is C23H27BrO3. The number of ether oxygens (including phenoxy) is 2. The van der Waals surface area contributed by atoms with Crippen LogP contribution in [-0.4, -0.2) is 13.1 Å². The van der Waals surface area contributed by atoms with Crippen molar-refractivity contribution in [3.8, 4) is 5.75 Å². The van der Waals surface area contributed by atoms with E-state index in [9.17, 15) is 4.79 Å². The van der Waals surface area contributed by atoms with Crippen molar-refractivity contribution < 1.29 is 14.3 Å². The van der Waals surface area contributed by atoms with Crippen LogP contribution in [0.4, 0.5) is 0 Å². The summed E-state index contributed by atoms with van der Waals surface area (Å²) in [6.45, 7) is 2.32. The molecule has 2 aromatic rings. The first kappa shape index (κ1) is 19.9. The first-order chi connectivity index (χ1) is 13.1. The average Bonchev–Trinajstić information content (AvgIpc) is 2.72. The van der Waals surface area contributed by atoms with Gasteiger partial charge < -0.3 is 9.47 Å². The fourth-order valence-electron chi connectivity index (χ4n) is 3.95. The highest BCUT2D eigenvalue weighted by Crippen LogP contribution is 2.44. The van der Waals surface area contributed by atoms with Gasteiger partial charge in [0.05, 0.1) is 7.11 Å². The summed E-state index contributed by atoms with van der Waals surface area (Å²) in [7, 11) is 1.40. The second-order valence-corrected chi connectivity index (χ2v) is 8.08. The maximum atomic E-state index is 12.5. The van der Waals surface area contributed by atoms with Crippen molar-refractivity contribution >= 4 is 21.9 Å². The van der Waals surface area contributed by atoms with E-state index in [4.69, 9.17) is 9.47 Å². The molecule has 0 saturated heterocycles. The Kier molecular flexibility index (Phi) is 6.59. The van der Waals surface area contributed by atoms with Gasteiger partial charge in [0.25, 0.3) is 0 Å². The number of benzene rings is 2. The molecule has 0 aliphatic heterocycles. The highest BCUT2D eigenvalue weighted by atomic mass is 79.9. The molecule has 1 unspecified atom stereocenters. The van der Waals surface area contributed by atoms with Gasteiger partial charge in [-0.3, -0.25) is 0 Å². The molecule has 2 aromatic carbocycles. The molecule has 0 aromatic heterocycles. The summed E-state index contributed by atoms with van der Waals surface area (Å²) in [5, 5.41) is 0.801. The third-order valence-corrected chi connectivity index (χ3v) is 6.22. The SMILES string of the molecule is COC(=O)C(Oc1ccc(CBr)cc1C1(C)CCCCC1)c1ccccc1. The number of alkyl halides is 1. The quantitative estimate of drug-likeness (QED) is 0.410. The molecule has 1 fully saturated rings. The second kappa shape index (κ2) is 8.92. The summed E-state index contributed by atoms with van der Waals surface area (Å²) < 4.78 is 11.3. The van der Waals surface area contributed by atoms with Crippen molar-refractivity contribution in [3.63, 3.8) is 0 Å². The summed E-state index contributed by atoms with van der Waals surface area (Å²) >= 11 is 3.56. The van der Waals surface area contributed by atoms with Gasteiger partial charge >= 0.3 is 5.97 Å². The van der Waals surface area contributed by atoms with Crippen LogP contribution in [0, 0.1) is 0 Å². The van der Waals surface area contributed by atoms with Gasteiger partial charge in [-0.05, 0) is 29.9 Å². The fourth-order valence-corrected chi connectivity index (χ4v) is 4.30. The largest absolute Gasteiger partial charge is 0.474 e. The third-order valence-electron chi connectivity index (χ3n) is 5.57. The highest BCUT2D eigenvalue weighted by molar-refractivity contribution is 9.08. The zero-order valence-electron chi connectivity index (χ0n) is 16.0. The number of hydrogen-bond acceptors (Lipinski definition) is 3. The molecule has 0 N–H and O–H groups in total. The van der Waals surface area contributed by atoms with Gasteiger partial charge in [-0.1, -0.05) is 84.6 Å². The molecule has 4 heteroatoms. The summed E-state index contributed by atoms with van der Waals surface area (Å²) in [5.74, 6) is 0.397. The van der Waals surface area contributed by atoms with E-state index in [1.807, 2.05) is 36.4 Å². The number of rotatable bonds is 6. The van der Waals surface area contributed by atoms with Crippen LogP contribution in [0.15, 0.2) is 48.5 Å². The van der Waals surface area contributed by atoms with E-state index in [1.165, 1.54) is 37.5 Å². The van der Waals surface area contributed by atoms with E-state index in [0.717, 1.165) is 29.5 Å². The molecule has 0 heterocycles. The summed E-state index contributed by atoms with van der Waals surface area (Å²) in [6, 6.07) is 15.8. The lowest BCUT2D eigenvalue weighted by Crippen LogP contribution is -2.27. The van der Waals surface area contributed by atoms with Gasteiger partial charge in [0.2, 0.25) is 6.10 Å². The Bertz CT molecular complexity index is 766. The van der Waals surface area contributed by atoms with E-state index in [0.29, 0.717) is 0 Å². The molecule has 3 nitrogen and oxygen atoms in total. The van der Waals surface area contributed by atoms with Crippen LogP contribution in [-0.2, 0) is 20.3 Å². The summed E-state index contributed by atoms with van der Waals surface area (Å²) in [4.78, 5) is 12.5. The van der Waals surface area contributed by atoms with Crippen LogP contribution in [0.1, 0.15) is 61.8 Å². The average molecular weight is 431 g/mol. The summed E-state index contributed by atoms with van der Waals surface area (Å²) in [5.41, 5.74) is 3.29. The van der Waals surface area contributed by atoms with Crippen molar-refractivity contribution in [2.45, 2.75) is 55.9 Å². The molecule has 0 spiro atoms.